The molecule has 0 radical (unpaired) electrons. The number of guanidine groups is 1. The summed E-state index contributed by atoms with van der Waals surface area (Å²) >= 11 is 0. The van der Waals surface area contributed by atoms with E-state index in [1.165, 1.54) is 6.42 Å². The van der Waals surface area contributed by atoms with E-state index in [0.717, 1.165) is 84.4 Å². The fourth-order valence-electron chi connectivity index (χ4n) is 3.31. The second-order valence-electron chi connectivity index (χ2n) is 7.40. The van der Waals surface area contributed by atoms with Crippen molar-refractivity contribution < 1.29 is 9.47 Å². The number of likely N-dealkylation sites (N-methyl/N-ethyl adjacent to an activating group) is 1. The highest BCUT2D eigenvalue weighted by atomic mass is 16.5. The smallest absolute Gasteiger partial charge is 0.191 e. The van der Waals surface area contributed by atoms with Gasteiger partial charge in [0.2, 0.25) is 0 Å². The van der Waals surface area contributed by atoms with Crippen LogP contribution in [0.5, 0.6) is 0 Å². The van der Waals surface area contributed by atoms with Crippen LogP contribution in [-0.4, -0.2) is 101 Å². The van der Waals surface area contributed by atoms with E-state index in [1.807, 2.05) is 0 Å². The summed E-state index contributed by atoms with van der Waals surface area (Å²) < 4.78 is 11.3. The van der Waals surface area contributed by atoms with Crippen LogP contribution in [0.25, 0.3) is 0 Å². The molecule has 0 spiro atoms. The third-order valence-corrected chi connectivity index (χ3v) is 5.10. The van der Waals surface area contributed by atoms with Crippen LogP contribution in [-0.2, 0) is 9.47 Å². The van der Waals surface area contributed by atoms with Crippen LogP contribution in [0.1, 0.15) is 33.1 Å². The average Bonchev–Trinajstić information content (AvgIpc) is 3.16. The van der Waals surface area contributed by atoms with Gasteiger partial charge in [0.25, 0.3) is 0 Å². The maximum Gasteiger partial charge on any atom is 0.191 e. The Balaban J connectivity index is 1.59. The van der Waals surface area contributed by atoms with Crippen LogP contribution in [0.3, 0.4) is 0 Å². The minimum absolute atomic E-state index is 0.318. The second-order valence-corrected chi connectivity index (χ2v) is 7.40. The van der Waals surface area contributed by atoms with Crippen molar-refractivity contribution in [3.8, 4) is 0 Å². The van der Waals surface area contributed by atoms with Crippen molar-refractivity contribution in [3.63, 3.8) is 0 Å². The Hall–Kier alpha value is -0.890. The summed E-state index contributed by atoms with van der Waals surface area (Å²) in [4.78, 5) is 9.69. The molecule has 0 amide bonds. The number of rotatable bonds is 10. The van der Waals surface area contributed by atoms with Crippen molar-refractivity contribution in [2.24, 2.45) is 4.99 Å². The molecule has 2 aliphatic rings. The highest BCUT2D eigenvalue weighted by molar-refractivity contribution is 5.79. The lowest BCUT2D eigenvalue weighted by molar-refractivity contribution is 0.0168. The lowest BCUT2D eigenvalue weighted by atomic mass is 10.2. The van der Waals surface area contributed by atoms with Gasteiger partial charge in [-0.15, -0.1) is 0 Å². The zero-order valence-electron chi connectivity index (χ0n) is 17.0. The highest BCUT2D eigenvalue weighted by Crippen LogP contribution is 2.11. The molecule has 0 aliphatic carbocycles. The Bertz CT molecular complexity index is 393. The molecule has 2 rings (SSSR count). The van der Waals surface area contributed by atoms with Crippen LogP contribution >= 0.6 is 0 Å². The molecular weight excluding hydrogens is 330 g/mol. The van der Waals surface area contributed by atoms with E-state index in [1.54, 1.807) is 0 Å². The fourth-order valence-corrected chi connectivity index (χ4v) is 3.31. The number of piperazine rings is 1. The van der Waals surface area contributed by atoms with E-state index < -0.39 is 0 Å². The third-order valence-electron chi connectivity index (χ3n) is 5.10. The third kappa shape index (κ3) is 8.20. The Labute approximate surface area is 159 Å². The summed E-state index contributed by atoms with van der Waals surface area (Å²) in [7, 11) is 2.19. The number of nitrogens with zero attached hydrogens (tertiary/aromatic N) is 3. The summed E-state index contributed by atoms with van der Waals surface area (Å²) in [5, 5.41) is 6.75. The van der Waals surface area contributed by atoms with Crippen LogP contribution < -0.4 is 10.6 Å². The SMILES string of the molecule is CCNC(=NCC(C)N1CCN(C)CC1)NCCCOCC1CCCO1. The Morgan fingerprint density at radius 1 is 1.27 bits per heavy atom. The number of ether oxygens (including phenoxy) is 2. The van der Waals surface area contributed by atoms with Gasteiger partial charge in [0.05, 0.1) is 19.3 Å². The largest absolute Gasteiger partial charge is 0.379 e. The first-order valence-electron chi connectivity index (χ1n) is 10.3. The van der Waals surface area contributed by atoms with Gasteiger partial charge in [0, 0.05) is 58.5 Å². The van der Waals surface area contributed by atoms with Crippen LogP contribution in [0.15, 0.2) is 4.99 Å². The van der Waals surface area contributed by atoms with E-state index in [2.05, 4.69) is 41.3 Å². The van der Waals surface area contributed by atoms with Gasteiger partial charge >= 0.3 is 0 Å². The summed E-state index contributed by atoms with van der Waals surface area (Å²) in [5.41, 5.74) is 0. The molecular formula is C19H39N5O2. The molecule has 0 aromatic heterocycles. The molecule has 0 aromatic rings. The van der Waals surface area contributed by atoms with E-state index >= 15 is 0 Å². The van der Waals surface area contributed by atoms with Gasteiger partial charge < -0.3 is 25.0 Å². The van der Waals surface area contributed by atoms with E-state index in [9.17, 15) is 0 Å². The molecule has 2 aliphatic heterocycles. The molecule has 0 saturated carbocycles. The van der Waals surface area contributed by atoms with Crippen molar-refractivity contribution >= 4 is 5.96 Å². The number of hydrogen-bond donors (Lipinski definition) is 2. The normalized spacial score (nSPS) is 24.0. The molecule has 2 atom stereocenters. The van der Waals surface area contributed by atoms with Gasteiger partial charge in [0.1, 0.15) is 0 Å². The van der Waals surface area contributed by atoms with E-state index in [0.29, 0.717) is 12.1 Å². The predicted molar refractivity (Wildman–Crippen MR) is 107 cm³/mol. The summed E-state index contributed by atoms with van der Waals surface area (Å²) in [6.45, 7) is 13.9. The Morgan fingerprint density at radius 2 is 2.08 bits per heavy atom. The van der Waals surface area contributed by atoms with E-state index in [4.69, 9.17) is 14.5 Å². The summed E-state index contributed by atoms with van der Waals surface area (Å²) in [6.07, 6.45) is 3.61. The van der Waals surface area contributed by atoms with Gasteiger partial charge in [-0.25, -0.2) is 0 Å². The van der Waals surface area contributed by atoms with Crippen LogP contribution in [0.4, 0.5) is 0 Å². The summed E-state index contributed by atoms with van der Waals surface area (Å²) in [5.74, 6) is 0.910. The van der Waals surface area contributed by atoms with Crippen molar-refractivity contribution in [2.45, 2.75) is 45.3 Å². The monoisotopic (exact) mass is 369 g/mol. The van der Waals surface area contributed by atoms with E-state index in [-0.39, 0.29) is 0 Å². The molecule has 2 saturated heterocycles. The average molecular weight is 370 g/mol. The van der Waals surface area contributed by atoms with Crippen molar-refractivity contribution in [1.82, 2.24) is 20.4 Å². The first kappa shape index (κ1) is 21.4. The molecule has 2 fully saturated rings. The van der Waals surface area contributed by atoms with Gasteiger partial charge in [-0.1, -0.05) is 0 Å². The molecule has 7 heteroatoms. The molecule has 2 heterocycles. The number of hydrogen-bond acceptors (Lipinski definition) is 5. The number of nitrogens with one attached hydrogen (secondary N) is 2. The van der Waals surface area contributed by atoms with Crippen molar-refractivity contribution in [2.75, 3.05) is 72.7 Å². The van der Waals surface area contributed by atoms with Gasteiger partial charge in [0.15, 0.2) is 5.96 Å². The standard InChI is InChI=1S/C19H39N5O2/c1-4-20-19(21-8-6-13-25-16-18-7-5-14-26-18)22-15-17(2)24-11-9-23(3)10-12-24/h17-18H,4-16H2,1-3H3,(H2,20,21,22). The zero-order valence-corrected chi connectivity index (χ0v) is 17.0. The maximum atomic E-state index is 5.71. The lowest BCUT2D eigenvalue weighted by Gasteiger charge is -2.35. The zero-order chi connectivity index (χ0) is 18.6. The molecule has 0 bridgehead atoms. The molecule has 2 unspecified atom stereocenters. The molecule has 0 aromatic carbocycles. The predicted octanol–water partition coefficient (Wildman–Crippen LogP) is 0.763. The highest BCUT2D eigenvalue weighted by Gasteiger charge is 2.18. The molecule has 152 valence electrons. The minimum atomic E-state index is 0.318. The Morgan fingerprint density at radius 3 is 2.77 bits per heavy atom. The van der Waals surface area contributed by atoms with Gasteiger partial charge in [-0.2, -0.15) is 0 Å². The van der Waals surface area contributed by atoms with Crippen LogP contribution in [0, 0.1) is 0 Å². The maximum absolute atomic E-state index is 5.71. The topological polar surface area (TPSA) is 61.4 Å². The number of aliphatic imine (C=N–C) groups is 1. The second kappa shape index (κ2) is 12.5. The molecule has 26 heavy (non-hydrogen) atoms. The quantitative estimate of drug-likeness (QED) is 0.337. The first-order valence-corrected chi connectivity index (χ1v) is 10.3. The first-order chi connectivity index (χ1) is 12.7. The molecule has 2 N–H and O–H groups in total. The Kier molecular flexibility index (Phi) is 10.3. The van der Waals surface area contributed by atoms with Gasteiger partial charge in [-0.05, 0) is 40.2 Å². The summed E-state index contributed by atoms with van der Waals surface area (Å²) in [6, 6.07) is 0.480. The fraction of sp³-hybridized carbons (Fsp3) is 0.947. The van der Waals surface area contributed by atoms with Gasteiger partial charge in [-0.3, -0.25) is 9.89 Å². The van der Waals surface area contributed by atoms with Crippen molar-refractivity contribution in [1.29, 1.82) is 0 Å². The van der Waals surface area contributed by atoms with Crippen LogP contribution in [0.2, 0.25) is 0 Å². The lowest BCUT2D eigenvalue weighted by Crippen LogP contribution is -2.49. The van der Waals surface area contributed by atoms with Crippen molar-refractivity contribution in [3.05, 3.63) is 0 Å². The molecule has 7 nitrogen and oxygen atoms in total. The minimum Gasteiger partial charge on any atom is -0.379 e.